The fourth-order valence-electron chi connectivity index (χ4n) is 3.01. The van der Waals surface area contributed by atoms with Gasteiger partial charge < -0.3 is 10.2 Å². The standard InChI is InChI=1S/C18H23FN4/c1-3-14-12-18(21-13(2)20-14)23-10-8-15(9-11-23)22-17-7-5-4-6-16(17)19/h4-7,12,15,22H,3,8-11H2,1-2H3. The van der Waals surface area contributed by atoms with Crippen LogP contribution in [0.3, 0.4) is 0 Å². The number of hydrogen-bond acceptors (Lipinski definition) is 4. The summed E-state index contributed by atoms with van der Waals surface area (Å²) in [6.45, 7) is 5.89. The second-order valence-electron chi connectivity index (χ2n) is 6.00. The molecule has 1 aromatic heterocycles. The SMILES string of the molecule is CCc1cc(N2CCC(Nc3ccccc3F)CC2)nc(C)n1. The first-order chi connectivity index (χ1) is 11.2. The Labute approximate surface area is 136 Å². The van der Waals surface area contributed by atoms with Gasteiger partial charge in [-0.05, 0) is 38.3 Å². The van der Waals surface area contributed by atoms with Gasteiger partial charge in [-0.15, -0.1) is 0 Å². The minimum absolute atomic E-state index is 0.186. The lowest BCUT2D eigenvalue weighted by Gasteiger charge is -2.34. The van der Waals surface area contributed by atoms with Crippen LogP contribution in [0.5, 0.6) is 0 Å². The number of halogens is 1. The molecule has 0 unspecified atom stereocenters. The molecule has 1 aromatic carbocycles. The molecular weight excluding hydrogens is 291 g/mol. The van der Waals surface area contributed by atoms with Gasteiger partial charge in [0.05, 0.1) is 5.69 Å². The van der Waals surface area contributed by atoms with Crippen molar-refractivity contribution < 1.29 is 4.39 Å². The van der Waals surface area contributed by atoms with Crippen molar-refractivity contribution in [3.63, 3.8) is 0 Å². The van der Waals surface area contributed by atoms with Crippen LogP contribution < -0.4 is 10.2 Å². The maximum absolute atomic E-state index is 13.7. The number of rotatable bonds is 4. The Hall–Kier alpha value is -2.17. The zero-order valence-corrected chi connectivity index (χ0v) is 13.7. The Balaban J connectivity index is 1.62. The van der Waals surface area contributed by atoms with E-state index in [0.717, 1.165) is 49.7 Å². The zero-order chi connectivity index (χ0) is 16.2. The van der Waals surface area contributed by atoms with E-state index in [0.29, 0.717) is 11.7 Å². The fraction of sp³-hybridized carbons (Fsp3) is 0.444. The Kier molecular flexibility index (Phi) is 4.74. The van der Waals surface area contributed by atoms with E-state index in [1.165, 1.54) is 6.07 Å². The third-order valence-electron chi connectivity index (χ3n) is 4.29. The summed E-state index contributed by atoms with van der Waals surface area (Å²) in [5.41, 5.74) is 1.68. The molecule has 1 saturated heterocycles. The van der Waals surface area contributed by atoms with Crippen molar-refractivity contribution >= 4 is 11.5 Å². The summed E-state index contributed by atoms with van der Waals surface area (Å²) < 4.78 is 13.7. The van der Waals surface area contributed by atoms with Crippen LogP contribution in [0, 0.1) is 12.7 Å². The quantitative estimate of drug-likeness (QED) is 0.937. The summed E-state index contributed by atoms with van der Waals surface area (Å²) in [5, 5.41) is 3.32. The van der Waals surface area contributed by atoms with Crippen LogP contribution >= 0.6 is 0 Å². The van der Waals surface area contributed by atoms with Gasteiger partial charge in [-0.2, -0.15) is 0 Å². The second-order valence-corrected chi connectivity index (χ2v) is 6.00. The third-order valence-corrected chi connectivity index (χ3v) is 4.29. The van der Waals surface area contributed by atoms with Gasteiger partial charge in [0.1, 0.15) is 17.5 Å². The predicted molar refractivity (Wildman–Crippen MR) is 91.4 cm³/mol. The fourth-order valence-corrected chi connectivity index (χ4v) is 3.01. The molecular formula is C18H23FN4. The van der Waals surface area contributed by atoms with Crippen LogP contribution in [0.1, 0.15) is 31.3 Å². The molecule has 0 atom stereocenters. The van der Waals surface area contributed by atoms with Gasteiger partial charge in [-0.1, -0.05) is 19.1 Å². The van der Waals surface area contributed by atoms with Gasteiger partial charge in [0.15, 0.2) is 0 Å². The minimum Gasteiger partial charge on any atom is -0.380 e. The maximum atomic E-state index is 13.7. The van der Waals surface area contributed by atoms with Crippen LogP contribution in [-0.2, 0) is 6.42 Å². The normalized spacial score (nSPS) is 15.7. The van der Waals surface area contributed by atoms with E-state index in [1.807, 2.05) is 13.0 Å². The molecule has 1 fully saturated rings. The van der Waals surface area contributed by atoms with Crippen LogP contribution in [0.15, 0.2) is 30.3 Å². The monoisotopic (exact) mass is 314 g/mol. The number of benzene rings is 1. The number of piperidine rings is 1. The third kappa shape index (κ3) is 3.78. The lowest BCUT2D eigenvalue weighted by atomic mass is 10.0. The molecule has 4 nitrogen and oxygen atoms in total. The van der Waals surface area contributed by atoms with Crippen LogP contribution in [0.25, 0.3) is 0 Å². The Morgan fingerprint density at radius 3 is 2.65 bits per heavy atom. The highest BCUT2D eigenvalue weighted by Crippen LogP contribution is 2.22. The first kappa shape index (κ1) is 15.7. The summed E-state index contributed by atoms with van der Waals surface area (Å²) in [6, 6.07) is 9.24. The number of hydrogen-bond donors (Lipinski definition) is 1. The number of para-hydroxylation sites is 1. The van der Waals surface area contributed by atoms with Crippen LogP contribution in [0.2, 0.25) is 0 Å². The second kappa shape index (κ2) is 6.94. The van der Waals surface area contributed by atoms with Crippen molar-refractivity contribution in [2.45, 2.75) is 39.2 Å². The highest BCUT2D eigenvalue weighted by Gasteiger charge is 2.21. The van der Waals surface area contributed by atoms with Gasteiger partial charge in [0.25, 0.3) is 0 Å². The van der Waals surface area contributed by atoms with E-state index in [-0.39, 0.29) is 5.82 Å². The van der Waals surface area contributed by atoms with Gasteiger partial charge in [0.2, 0.25) is 0 Å². The average molecular weight is 314 g/mol. The maximum Gasteiger partial charge on any atom is 0.146 e. The van der Waals surface area contributed by atoms with E-state index < -0.39 is 0 Å². The number of aryl methyl sites for hydroxylation is 2. The van der Waals surface area contributed by atoms with Crippen molar-refractivity contribution in [3.8, 4) is 0 Å². The molecule has 0 spiro atoms. The van der Waals surface area contributed by atoms with Crippen molar-refractivity contribution in [2.75, 3.05) is 23.3 Å². The van der Waals surface area contributed by atoms with Gasteiger partial charge in [-0.25, -0.2) is 14.4 Å². The molecule has 0 saturated carbocycles. The molecule has 1 aliphatic heterocycles. The smallest absolute Gasteiger partial charge is 0.146 e. The summed E-state index contributed by atoms with van der Waals surface area (Å²) >= 11 is 0. The average Bonchev–Trinajstić information content (AvgIpc) is 2.57. The summed E-state index contributed by atoms with van der Waals surface area (Å²) in [6.07, 6.45) is 2.86. The Bertz CT molecular complexity index is 666. The molecule has 2 heterocycles. The molecule has 1 N–H and O–H groups in total. The Morgan fingerprint density at radius 1 is 1.22 bits per heavy atom. The van der Waals surface area contributed by atoms with Crippen molar-refractivity contribution in [2.24, 2.45) is 0 Å². The lowest BCUT2D eigenvalue weighted by Crippen LogP contribution is -2.39. The number of aromatic nitrogens is 2. The van der Waals surface area contributed by atoms with Gasteiger partial charge in [-0.3, -0.25) is 0 Å². The number of anilines is 2. The van der Waals surface area contributed by atoms with Gasteiger partial charge >= 0.3 is 0 Å². The summed E-state index contributed by atoms with van der Waals surface area (Å²) in [7, 11) is 0. The molecule has 122 valence electrons. The zero-order valence-electron chi connectivity index (χ0n) is 13.7. The summed E-state index contributed by atoms with van der Waals surface area (Å²) in [4.78, 5) is 11.3. The largest absolute Gasteiger partial charge is 0.380 e. The Morgan fingerprint density at radius 2 is 1.96 bits per heavy atom. The number of nitrogens with one attached hydrogen (secondary N) is 1. The topological polar surface area (TPSA) is 41.0 Å². The number of nitrogens with zero attached hydrogens (tertiary/aromatic N) is 3. The van der Waals surface area contributed by atoms with Crippen LogP contribution in [-0.4, -0.2) is 29.1 Å². The highest BCUT2D eigenvalue weighted by molar-refractivity contribution is 5.46. The molecule has 0 radical (unpaired) electrons. The van der Waals surface area contributed by atoms with Crippen molar-refractivity contribution in [1.29, 1.82) is 0 Å². The van der Waals surface area contributed by atoms with E-state index in [4.69, 9.17) is 0 Å². The highest BCUT2D eigenvalue weighted by atomic mass is 19.1. The minimum atomic E-state index is -0.186. The van der Waals surface area contributed by atoms with E-state index in [2.05, 4.69) is 33.2 Å². The molecule has 23 heavy (non-hydrogen) atoms. The first-order valence-corrected chi connectivity index (χ1v) is 8.26. The predicted octanol–water partition coefficient (Wildman–Crippen LogP) is 3.57. The van der Waals surface area contributed by atoms with Gasteiger partial charge in [0, 0.05) is 30.9 Å². The molecule has 0 bridgehead atoms. The summed E-state index contributed by atoms with van der Waals surface area (Å²) in [5.74, 6) is 1.65. The van der Waals surface area contributed by atoms with E-state index in [9.17, 15) is 4.39 Å². The van der Waals surface area contributed by atoms with E-state index in [1.54, 1.807) is 12.1 Å². The molecule has 2 aromatic rings. The molecule has 0 aliphatic carbocycles. The van der Waals surface area contributed by atoms with Crippen LogP contribution in [0.4, 0.5) is 15.9 Å². The lowest BCUT2D eigenvalue weighted by molar-refractivity contribution is 0.518. The molecule has 5 heteroatoms. The first-order valence-electron chi connectivity index (χ1n) is 8.26. The molecule has 3 rings (SSSR count). The van der Waals surface area contributed by atoms with Crippen molar-refractivity contribution in [3.05, 3.63) is 47.7 Å². The molecule has 0 amide bonds. The van der Waals surface area contributed by atoms with E-state index >= 15 is 0 Å². The molecule has 1 aliphatic rings. The van der Waals surface area contributed by atoms with Crippen molar-refractivity contribution in [1.82, 2.24) is 9.97 Å².